The van der Waals surface area contributed by atoms with Crippen LogP contribution in [0.4, 0.5) is 0 Å². The number of methoxy groups -OCH3 is 1. The molecule has 0 unspecified atom stereocenters. The Balaban J connectivity index is 2.58. The number of aromatic carboxylic acids is 1. The van der Waals surface area contributed by atoms with Gasteiger partial charge in [0.25, 0.3) is 0 Å². The van der Waals surface area contributed by atoms with Gasteiger partial charge in [0, 0.05) is 5.56 Å². The Kier molecular flexibility index (Phi) is 3.06. The first-order valence-electron chi connectivity index (χ1n) is 5.47. The molecule has 0 fully saturated rings. The van der Waals surface area contributed by atoms with Crippen LogP contribution in [0.15, 0.2) is 18.3 Å². The third-order valence-corrected chi connectivity index (χ3v) is 2.82. The highest BCUT2D eigenvalue weighted by Crippen LogP contribution is 2.30. The molecule has 18 heavy (non-hydrogen) atoms. The van der Waals surface area contributed by atoms with Crippen molar-refractivity contribution in [3.63, 3.8) is 0 Å². The van der Waals surface area contributed by atoms with Crippen LogP contribution >= 0.6 is 0 Å². The first kappa shape index (κ1) is 12.2. The molecular formula is C13H14N2O3. The topological polar surface area (TPSA) is 75.2 Å². The summed E-state index contributed by atoms with van der Waals surface area (Å²) in [6, 6.07) is 3.76. The summed E-state index contributed by atoms with van der Waals surface area (Å²) < 4.78 is 5.28. The zero-order valence-electron chi connectivity index (χ0n) is 10.4. The second-order valence-electron chi connectivity index (χ2n) is 4.11. The van der Waals surface area contributed by atoms with E-state index in [-0.39, 0.29) is 5.56 Å². The van der Waals surface area contributed by atoms with Gasteiger partial charge in [-0.3, -0.25) is 5.10 Å². The number of carbonyl (C=O) groups is 1. The van der Waals surface area contributed by atoms with Crippen molar-refractivity contribution < 1.29 is 14.6 Å². The summed E-state index contributed by atoms with van der Waals surface area (Å²) in [5.41, 5.74) is 3.38. The predicted molar refractivity (Wildman–Crippen MR) is 67.0 cm³/mol. The van der Waals surface area contributed by atoms with Gasteiger partial charge in [-0.2, -0.15) is 5.10 Å². The van der Waals surface area contributed by atoms with Crippen LogP contribution < -0.4 is 4.74 Å². The van der Waals surface area contributed by atoms with Crippen LogP contribution in [0.25, 0.3) is 11.3 Å². The molecule has 2 aromatic rings. The van der Waals surface area contributed by atoms with Crippen molar-refractivity contribution in [1.82, 2.24) is 10.2 Å². The monoisotopic (exact) mass is 246 g/mol. The van der Waals surface area contributed by atoms with Crippen LogP contribution in [-0.4, -0.2) is 28.4 Å². The van der Waals surface area contributed by atoms with Crippen molar-refractivity contribution in [1.29, 1.82) is 0 Å². The molecule has 5 heteroatoms. The Morgan fingerprint density at radius 1 is 1.33 bits per heavy atom. The maximum Gasteiger partial charge on any atom is 0.339 e. The van der Waals surface area contributed by atoms with Crippen molar-refractivity contribution in [3.05, 3.63) is 35.0 Å². The molecule has 0 saturated heterocycles. The van der Waals surface area contributed by atoms with Gasteiger partial charge >= 0.3 is 5.97 Å². The quantitative estimate of drug-likeness (QED) is 0.872. The van der Waals surface area contributed by atoms with Gasteiger partial charge in [0.2, 0.25) is 0 Å². The molecule has 1 aromatic carbocycles. The van der Waals surface area contributed by atoms with Gasteiger partial charge in [-0.25, -0.2) is 4.79 Å². The molecule has 0 spiro atoms. The van der Waals surface area contributed by atoms with E-state index in [0.717, 1.165) is 22.4 Å². The zero-order chi connectivity index (χ0) is 13.3. The zero-order valence-corrected chi connectivity index (χ0v) is 10.4. The summed E-state index contributed by atoms with van der Waals surface area (Å²) in [6.45, 7) is 3.85. The van der Waals surface area contributed by atoms with E-state index in [1.54, 1.807) is 7.11 Å². The summed E-state index contributed by atoms with van der Waals surface area (Å²) in [4.78, 5) is 11.1. The SMILES string of the molecule is COc1c(C)cc(-c2[nH]ncc2C(=O)O)cc1C. The summed E-state index contributed by atoms with van der Waals surface area (Å²) >= 11 is 0. The van der Waals surface area contributed by atoms with Crippen LogP contribution in [0.1, 0.15) is 21.5 Å². The minimum atomic E-state index is -0.995. The molecule has 0 aliphatic rings. The van der Waals surface area contributed by atoms with E-state index in [0.29, 0.717) is 5.69 Å². The summed E-state index contributed by atoms with van der Waals surface area (Å²) in [6.07, 6.45) is 1.31. The fourth-order valence-electron chi connectivity index (χ4n) is 2.08. The van der Waals surface area contributed by atoms with E-state index in [9.17, 15) is 4.79 Å². The van der Waals surface area contributed by atoms with Gasteiger partial charge in [-0.15, -0.1) is 0 Å². The van der Waals surface area contributed by atoms with Crippen LogP contribution in [0, 0.1) is 13.8 Å². The molecule has 1 aromatic heterocycles. The second kappa shape index (κ2) is 4.52. The second-order valence-corrected chi connectivity index (χ2v) is 4.11. The van der Waals surface area contributed by atoms with Gasteiger partial charge in [0.15, 0.2) is 0 Å². The molecule has 0 saturated carbocycles. The molecule has 94 valence electrons. The molecule has 0 bridgehead atoms. The molecule has 2 rings (SSSR count). The van der Waals surface area contributed by atoms with Crippen molar-refractivity contribution >= 4 is 5.97 Å². The smallest absolute Gasteiger partial charge is 0.339 e. The number of ether oxygens (including phenoxy) is 1. The minimum absolute atomic E-state index is 0.166. The van der Waals surface area contributed by atoms with Gasteiger partial charge in [0.1, 0.15) is 11.3 Å². The van der Waals surface area contributed by atoms with Crippen molar-refractivity contribution in [2.24, 2.45) is 0 Å². The Morgan fingerprint density at radius 3 is 2.44 bits per heavy atom. The normalized spacial score (nSPS) is 10.4. The number of H-pyrrole nitrogens is 1. The van der Waals surface area contributed by atoms with E-state index in [2.05, 4.69) is 10.2 Å². The Morgan fingerprint density at radius 2 is 1.94 bits per heavy atom. The number of hydrogen-bond acceptors (Lipinski definition) is 3. The van der Waals surface area contributed by atoms with Crippen molar-refractivity contribution in [2.75, 3.05) is 7.11 Å². The third kappa shape index (κ3) is 1.95. The van der Waals surface area contributed by atoms with E-state index in [1.165, 1.54) is 6.20 Å². The third-order valence-electron chi connectivity index (χ3n) is 2.82. The van der Waals surface area contributed by atoms with Crippen LogP contribution in [0.3, 0.4) is 0 Å². The van der Waals surface area contributed by atoms with Gasteiger partial charge in [-0.1, -0.05) is 0 Å². The van der Waals surface area contributed by atoms with E-state index >= 15 is 0 Å². The molecule has 0 aliphatic carbocycles. The summed E-state index contributed by atoms with van der Waals surface area (Å²) in [7, 11) is 1.62. The average molecular weight is 246 g/mol. The molecule has 0 amide bonds. The highest BCUT2D eigenvalue weighted by atomic mass is 16.5. The number of aromatic nitrogens is 2. The Hall–Kier alpha value is -2.30. The Labute approximate surface area is 104 Å². The molecular weight excluding hydrogens is 232 g/mol. The number of nitrogens with zero attached hydrogens (tertiary/aromatic N) is 1. The number of rotatable bonds is 3. The molecule has 0 aliphatic heterocycles. The van der Waals surface area contributed by atoms with Gasteiger partial charge < -0.3 is 9.84 Å². The number of carboxylic acids is 1. The molecule has 0 atom stereocenters. The maximum absolute atomic E-state index is 11.1. The molecule has 0 radical (unpaired) electrons. The first-order valence-corrected chi connectivity index (χ1v) is 5.47. The highest BCUT2D eigenvalue weighted by molar-refractivity contribution is 5.94. The number of hydrogen-bond donors (Lipinski definition) is 2. The Bertz CT molecular complexity index is 579. The minimum Gasteiger partial charge on any atom is -0.496 e. The highest BCUT2D eigenvalue weighted by Gasteiger charge is 2.15. The lowest BCUT2D eigenvalue weighted by Gasteiger charge is -2.10. The average Bonchev–Trinajstić information content (AvgIpc) is 2.77. The lowest BCUT2D eigenvalue weighted by Crippen LogP contribution is -1.98. The van der Waals surface area contributed by atoms with Gasteiger partial charge in [0.05, 0.1) is 19.0 Å². The number of nitrogens with one attached hydrogen (secondary N) is 1. The van der Waals surface area contributed by atoms with E-state index in [1.807, 2.05) is 26.0 Å². The predicted octanol–water partition coefficient (Wildman–Crippen LogP) is 2.40. The number of aromatic amines is 1. The van der Waals surface area contributed by atoms with Crippen LogP contribution in [-0.2, 0) is 0 Å². The molecule has 2 N–H and O–H groups in total. The summed E-state index contributed by atoms with van der Waals surface area (Å²) in [5, 5.41) is 15.6. The standard InChI is InChI=1S/C13H14N2O3/c1-7-4-9(5-8(2)12(7)18-3)11-10(13(16)17)6-14-15-11/h4-6H,1-3H3,(H,14,15)(H,16,17). The maximum atomic E-state index is 11.1. The molecule has 5 nitrogen and oxygen atoms in total. The summed E-state index contributed by atoms with van der Waals surface area (Å²) in [5.74, 6) is -0.181. The van der Waals surface area contributed by atoms with E-state index < -0.39 is 5.97 Å². The largest absolute Gasteiger partial charge is 0.496 e. The fraction of sp³-hybridized carbons (Fsp3) is 0.231. The number of aryl methyl sites for hydroxylation is 2. The number of carboxylic acid groups (broad SMARTS) is 1. The van der Waals surface area contributed by atoms with Crippen molar-refractivity contribution in [2.45, 2.75) is 13.8 Å². The lowest BCUT2D eigenvalue weighted by molar-refractivity contribution is 0.0698. The van der Waals surface area contributed by atoms with Crippen LogP contribution in [0.5, 0.6) is 5.75 Å². The van der Waals surface area contributed by atoms with Crippen LogP contribution in [0.2, 0.25) is 0 Å². The fourth-order valence-corrected chi connectivity index (χ4v) is 2.08. The van der Waals surface area contributed by atoms with E-state index in [4.69, 9.17) is 9.84 Å². The van der Waals surface area contributed by atoms with Crippen molar-refractivity contribution in [3.8, 4) is 17.0 Å². The first-order chi connectivity index (χ1) is 8.54. The molecule has 1 heterocycles. The lowest BCUT2D eigenvalue weighted by atomic mass is 10.0. The number of benzene rings is 1. The van der Waals surface area contributed by atoms with Gasteiger partial charge in [-0.05, 0) is 37.1 Å².